The fraction of sp³-hybridized carbons (Fsp3) is 0.211. The highest BCUT2D eigenvalue weighted by atomic mass is 79.9. The van der Waals surface area contributed by atoms with Gasteiger partial charge in [0.25, 0.3) is 5.89 Å². The number of aliphatic hydroxyl groups is 1. The van der Waals surface area contributed by atoms with Crippen molar-refractivity contribution in [1.82, 2.24) is 10.2 Å². The molecule has 1 aromatic heterocycles. The first-order valence-corrected chi connectivity index (χ1v) is 8.70. The maximum atomic E-state index is 12.1. The molecule has 0 amide bonds. The van der Waals surface area contributed by atoms with Crippen molar-refractivity contribution in [3.05, 3.63) is 70.0 Å². The molecule has 0 radical (unpaired) electrons. The summed E-state index contributed by atoms with van der Waals surface area (Å²) < 4.78 is 11.6. The average molecular weight is 417 g/mol. The number of benzene rings is 2. The second kappa shape index (κ2) is 7.39. The summed E-state index contributed by atoms with van der Waals surface area (Å²) in [5, 5.41) is 18.4. The Balaban J connectivity index is 1.69. The van der Waals surface area contributed by atoms with E-state index in [-0.39, 0.29) is 12.5 Å². The van der Waals surface area contributed by atoms with Crippen LogP contribution >= 0.6 is 15.9 Å². The largest absolute Gasteiger partial charge is 0.458 e. The van der Waals surface area contributed by atoms with Crippen molar-refractivity contribution in [1.29, 1.82) is 0 Å². The van der Waals surface area contributed by atoms with Gasteiger partial charge < -0.3 is 14.3 Å². The SMILES string of the molecule is Cc1ccc(-c2nnc(C(C)(O)COC(=O)c3ccc(Br)cc3)o2)cc1. The molecule has 6 nitrogen and oxygen atoms in total. The minimum Gasteiger partial charge on any atom is -0.458 e. The van der Waals surface area contributed by atoms with E-state index < -0.39 is 11.6 Å². The number of carbonyl (C=O) groups is 1. The van der Waals surface area contributed by atoms with E-state index >= 15 is 0 Å². The number of carbonyl (C=O) groups excluding carboxylic acids is 1. The molecule has 3 aromatic rings. The number of halogens is 1. The molecule has 1 N–H and O–H groups in total. The van der Waals surface area contributed by atoms with Crippen LogP contribution in [-0.4, -0.2) is 27.9 Å². The highest BCUT2D eigenvalue weighted by molar-refractivity contribution is 9.10. The third-order valence-electron chi connectivity index (χ3n) is 3.75. The summed E-state index contributed by atoms with van der Waals surface area (Å²) in [5.41, 5.74) is 0.647. The van der Waals surface area contributed by atoms with E-state index in [2.05, 4.69) is 26.1 Å². The van der Waals surface area contributed by atoms with E-state index in [1.54, 1.807) is 24.3 Å². The monoisotopic (exact) mass is 416 g/mol. The van der Waals surface area contributed by atoms with E-state index in [1.165, 1.54) is 6.92 Å². The first-order chi connectivity index (χ1) is 12.3. The molecule has 7 heteroatoms. The molecular weight excluding hydrogens is 400 g/mol. The Morgan fingerprint density at radius 1 is 1.15 bits per heavy atom. The molecule has 3 rings (SSSR count). The maximum absolute atomic E-state index is 12.1. The van der Waals surface area contributed by atoms with Crippen LogP contribution in [0.25, 0.3) is 11.5 Å². The fourth-order valence-electron chi connectivity index (χ4n) is 2.19. The van der Waals surface area contributed by atoms with Crippen molar-refractivity contribution in [2.45, 2.75) is 19.4 Å². The van der Waals surface area contributed by atoms with Crippen LogP contribution in [0.15, 0.2) is 57.4 Å². The van der Waals surface area contributed by atoms with E-state index in [4.69, 9.17) is 9.15 Å². The Bertz CT molecular complexity index is 902. The van der Waals surface area contributed by atoms with Gasteiger partial charge in [0, 0.05) is 10.0 Å². The van der Waals surface area contributed by atoms with Gasteiger partial charge in [-0.05, 0) is 50.2 Å². The Kier molecular flexibility index (Phi) is 5.20. The predicted molar refractivity (Wildman–Crippen MR) is 98.5 cm³/mol. The van der Waals surface area contributed by atoms with Gasteiger partial charge in [0.2, 0.25) is 5.89 Å². The molecule has 0 fully saturated rings. The van der Waals surface area contributed by atoms with Crippen molar-refractivity contribution in [3.8, 4) is 11.5 Å². The molecule has 1 unspecified atom stereocenters. The van der Waals surface area contributed by atoms with Crippen molar-refractivity contribution in [2.24, 2.45) is 0 Å². The van der Waals surface area contributed by atoms with Crippen LogP contribution in [-0.2, 0) is 10.3 Å². The van der Waals surface area contributed by atoms with Gasteiger partial charge in [-0.25, -0.2) is 4.79 Å². The van der Waals surface area contributed by atoms with Gasteiger partial charge in [0.15, 0.2) is 5.60 Å². The van der Waals surface area contributed by atoms with Crippen molar-refractivity contribution in [2.75, 3.05) is 6.61 Å². The smallest absolute Gasteiger partial charge is 0.338 e. The van der Waals surface area contributed by atoms with E-state index in [1.807, 2.05) is 31.2 Å². The molecule has 0 aliphatic carbocycles. The lowest BCUT2D eigenvalue weighted by atomic mass is 10.1. The van der Waals surface area contributed by atoms with E-state index in [0.717, 1.165) is 15.6 Å². The first kappa shape index (κ1) is 18.3. The lowest BCUT2D eigenvalue weighted by Gasteiger charge is -2.18. The Hall–Kier alpha value is -2.51. The van der Waals surface area contributed by atoms with Gasteiger partial charge in [0.1, 0.15) is 6.61 Å². The molecule has 134 valence electrons. The number of rotatable bonds is 5. The highest BCUT2D eigenvalue weighted by Crippen LogP contribution is 2.25. The van der Waals surface area contributed by atoms with Gasteiger partial charge in [0.05, 0.1) is 5.56 Å². The van der Waals surface area contributed by atoms with Crippen LogP contribution in [0.2, 0.25) is 0 Å². The Morgan fingerprint density at radius 2 is 1.81 bits per heavy atom. The van der Waals surface area contributed by atoms with Gasteiger partial charge in [-0.1, -0.05) is 33.6 Å². The molecule has 0 bridgehead atoms. The van der Waals surface area contributed by atoms with Crippen LogP contribution in [0.1, 0.15) is 28.7 Å². The van der Waals surface area contributed by atoms with E-state index in [9.17, 15) is 9.90 Å². The van der Waals surface area contributed by atoms with E-state index in [0.29, 0.717) is 11.5 Å². The third kappa shape index (κ3) is 4.17. The summed E-state index contributed by atoms with van der Waals surface area (Å²) in [6.07, 6.45) is 0. The average Bonchev–Trinajstić information content (AvgIpc) is 3.12. The lowest BCUT2D eigenvalue weighted by molar-refractivity contribution is -0.0392. The van der Waals surface area contributed by atoms with Gasteiger partial charge in [-0.15, -0.1) is 10.2 Å². The Morgan fingerprint density at radius 3 is 2.46 bits per heavy atom. The molecule has 2 aromatic carbocycles. The summed E-state index contributed by atoms with van der Waals surface area (Å²) >= 11 is 3.30. The molecule has 0 saturated carbocycles. The molecule has 0 aliphatic heterocycles. The second-order valence-corrected chi connectivity index (χ2v) is 7.05. The molecule has 26 heavy (non-hydrogen) atoms. The summed E-state index contributed by atoms with van der Waals surface area (Å²) in [6, 6.07) is 14.3. The summed E-state index contributed by atoms with van der Waals surface area (Å²) in [4.78, 5) is 12.1. The van der Waals surface area contributed by atoms with Crippen LogP contribution in [0.3, 0.4) is 0 Å². The number of hydrogen-bond donors (Lipinski definition) is 1. The second-order valence-electron chi connectivity index (χ2n) is 6.14. The zero-order chi connectivity index (χ0) is 18.7. The van der Waals surface area contributed by atoms with Crippen molar-refractivity contribution >= 4 is 21.9 Å². The van der Waals surface area contributed by atoms with Crippen LogP contribution in [0.5, 0.6) is 0 Å². The zero-order valence-electron chi connectivity index (χ0n) is 14.3. The van der Waals surface area contributed by atoms with Crippen molar-refractivity contribution < 1.29 is 19.1 Å². The normalized spacial score (nSPS) is 13.2. The van der Waals surface area contributed by atoms with Crippen LogP contribution in [0.4, 0.5) is 0 Å². The van der Waals surface area contributed by atoms with Crippen LogP contribution < -0.4 is 0 Å². The molecular formula is C19H17BrN2O4. The number of ether oxygens (including phenoxy) is 1. The van der Waals surface area contributed by atoms with Crippen molar-refractivity contribution in [3.63, 3.8) is 0 Å². The first-order valence-electron chi connectivity index (χ1n) is 7.91. The zero-order valence-corrected chi connectivity index (χ0v) is 15.9. The summed E-state index contributed by atoms with van der Waals surface area (Å²) in [5.74, 6) is -0.271. The topological polar surface area (TPSA) is 85.5 Å². The number of aromatic nitrogens is 2. The molecule has 1 heterocycles. The lowest BCUT2D eigenvalue weighted by Crippen LogP contribution is -2.29. The number of nitrogens with zero attached hydrogens (tertiary/aromatic N) is 2. The quantitative estimate of drug-likeness (QED) is 0.635. The molecule has 0 spiro atoms. The number of hydrogen-bond acceptors (Lipinski definition) is 6. The highest BCUT2D eigenvalue weighted by Gasteiger charge is 2.32. The van der Waals surface area contributed by atoms with Crippen LogP contribution in [0, 0.1) is 6.92 Å². The van der Waals surface area contributed by atoms with Gasteiger partial charge >= 0.3 is 5.97 Å². The minimum atomic E-state index is -1.60. The predicted octanol–water partition coefficient (Wildman–Crippen LogP) is 3.87. The fourth-order valence-corrected chi connectivity index (χ4v) is 2.46. The molecule has 0 aliphatic rings. The number of esters is 1. The van der Waals surface area contributed by atoms with Gasteiger partial charge in [-0.3, -0.25) is 0 Å². The minimum absolute atomic E-state index is 0.0170. The number of aryl methyl sites for hydroxylation is 1. The van der Waals surface area contributed by atoms with Gasteiger partial charge in [-0.2, -0.15) is 0 Å². The Labute approximate surface area is 159 Å². The molecule has 0 saturated heterocycles. The third-order valence-corrected chi connectivity index (χ3v) is 4.28. The molecule has 1 atom stereocenters. The maximum Gasteiger partial charge on any atom is 0.338 e. The summed E-state index contributed by atoms with van der Waals surface area (Å²) in [7, 11) is 0. The standard InChI is InChI=1S/C19H17BrN2O4/c1-12-3-5-13(6-4-12)16-21-22-18(26-16)19(2,24)11-25-17(23)14-7-9-15(20)10-8-14/h3-10,24H,11H2,1-2H3. The summed E-state index contributed by atoms with van der Waals surface area (Å²) in [6.45, 7) is 3.12.